The molecule has 0 aliphatic carbocycles. The third-order valence-electron chi connectivity index (χ3n) is 4.04. The Bertz CT molecular complexity index is 1000. The van der Waals surface area contributed by atoms with Crippen LogP contribution in [0.15, 0.2) is 30.5 Å². The number of hydrogen-bond donors (Lipinski definition) is 1. The number of fused-ring (bicyclic) bond motifs is 1. The van der Waals surface area contributed by atoms with Crippen LogP contribution >= 0.6 is 11.6 Å². The molecule has 126 valence electrons. The molecule has 0 unspecified atom stereocenters. The predicted octanol–water partition coefficient (Wildman–Crippen LogP) is 3.44. The summed E-state index contributed by atoms with van der Waals surface area (Å²) >= 11 is 5.92. The largest absolute Gasteiger partial charge is 0.326 e. The molecule has 3 rings (SSSR count). The summed E-state index contributed by atoms with van der Waals surface area (Å²) in [6, 6.07) is 9.12. The number of aryl methyl sites for hydroxylation is 2. The molecule has 3 aromatic rings. The van der Waals surface area contributed by atoms with Crippen molar-refractivity contribution in [2.45, 2.75) is 26.7 Å². The van der Waals surface area contributed by atoms with Gasteiger partial charge in [0.05, 0.1) is 6.20 Å². The van der Waals surface area contributed by atoms with E-state index in [1.165, 1.54) is 6.20 Å². The van der Waals surface area contributed by atoms with Crippen LogP contribution in [0.2, 0.25) is 5.02 Å². The van der Waals surface area contributed by atoms with Gasteiger partial charge >= 0.3 is 0 Å². The second-order valence-corrected chi connectivity index (χ2v) is 6.16. The fourth-order valence-corrected chi connectivity index (χ4v) is 2.97. The van der Waals surface area contributed by atoms with Crippen molar-refractivity contribution < 1.29 is 4.79 Å². The monoisotopic (exact) mass is 353 g/mol. The summed E-state index contributed by atoms with van der Waals surface area (Å²) in [6.07, 6.45) is 2.35. The van der Waals surface area contributed by atoms with Crippen molar-refractivity contribution in [2.75, 3.05) is 5.32 Å². The highest BCUT2D eigenvalue weighted by Crippen LogP contribution is 2.19. The number of anilines is 1. The van der Waals surface area contributed by atoms with Crippen LogP contribution < -0.4 is 5.32 Å². The summed E-state index contributed by atoms with van der Waals surface area (Å²) < 4.78 is 1.65. The number of benzene rings is 1. The summed E-state index contributed by atoms with van der Waals surface area (Å²) in [5.74, 6) is -0.0978. The Labute approximate surface area is 150 Å². The third-order valence-corrected chi connectivity index (χ3v) is 4.27. The van der Waals surface area contributed by atoms with Gasteiger partial charge in [0.15, 0.2) is 5.65 Å². The van der Waals surface area contributed by atoms with Crippen molar-refractivity contribution in [1.82, 2.24) is 14.6 Å². The van der Waals surface area contributed by atoms with Crippen LogP contribution in [-0.2, 0) is 11.2 Å². The molecule has 0 bridgehead atoms. The first-order chi connectivity index (χ1) is 12.0. The molecule has 0 aliphatic heterocycles. The average Bonchev–Trinajstić information content (AvgIpc) is 2.97. The lowest BCUT2D eigenvalue weighted by Gasteiger charge is -2.11. The number of carbonyl (C=O) groups is 1. The molecule has 0 radical (unpaired) electrons. The Hall–Kier alpha value is -2.91. The van der Waals surface area contributed by atoms with E-state index in [1.54, 1.807) is 28.8 Å². The number of amides is 1. The van der Waals surface area contributed by atoms with Gasteiger partial charge in [0, 0.05) is 28.5 Å². The third kappa shape index (κ3) is 3.47. The maximum absolute atomic E-state index is 12.2. The van der Waals surface area contributed by atoms with E-state index in [1.807, 2.05) is 13.8 Å². The Morgan fingerprint density at radius 2 is 2.20 bits per heavy atom. The summed E-state index contributed by atoms with van der Waals surface area (Å²) in [5, 5.41) is 16.7. The Morgan fingerprint density at radius 1 is 1.40 bits per heavy atom. The number of carbonyl (C=O) groups excluding carboxylic acids is 1. The number of rotatable bonds is 4. The van der Waals surface area contributed by atoms with Gasteiger partial charge in [-0.05, 0) is 44.0 Å². The topological polar surface area (TPSA) is 83.1 Å². The van der Waals surface area contributed by atoms with E-state index in [0.717, 1.165) is 17.0 Å². The van der Waals surface area contributed by atoms with Crippen molar-refractivity contribution in [1.29, 1.82) is 5.26 Å². The van der Waals surface area contributed by atoms with Crippen molar-refractivity contribution in [3.05, 3.63) is 58.0 Å². The Kier molecular flexibility index (Phi) is 4.68. The highest BCUT2D eigenvalue weighted by Gasteiger charge is 2.14. The highest BCUT2D eigenvalue weighted by molar-refractivity contribution is 6.30. The first-order valence-electron chi connectivity index (χ1n) is 7.79. The highest BCUT2D eigenvalue weighted by atomic mass is 35.5. The molecule has 0 atom stereocenters. The van der Waals surface area contributed by atoms with E-state index in [-0.39, 0.29) is 5.91 Å². The number of nitrogens with one attached hydrogen (secondary N) is 1. The molecule has 0 fully saturated rings. The van der Waals surface area contributed by atoms with Crippen molar-refractivity contribution in [3.8, 4) is 6.07 Å². The van der Waals surface area contributed by atoms with E-state index < -0.39 is 0 Å². The van der Waals surface area contributed by atoms with Gasteiger partial charge in [0.2, 0.25) is 5.91 Å². The van der Waals surface area contributed by atoms with E-state index in [0.29, 0.717) is 34.8 Å². The molecule has 25 heavy (non-hydrogen) atoms. The predicted molar refractivity (Wildman–Crippen MR) is 95.6 cm³/mol. The molecule has 6 nitrogen and oxygen atoms in total. The summed E-state index contributed by atoms with van der Waals surface area (Å²) in [5.41, 5.74) is 4.31. The lowest BCUT2D eigenvalue weighted by molar-refractivity contribution is -0.116. The second-order valence-electron chi connectivity index (χ2n) is 5.73. The zero-order valence-corrected chi connectivity index (χ0v) is 14.6. The van der Waals surface area contributed by atoms with Crippen LogP contribution in [0.1, 0.15) is 28.9 Å². The standard InChI is InChI=1S/C18H16ClN5O/c1-11-16(12(2)24-18(22-11)13(9-20)10-21-24)6-7-17(25)23-15-5-3-4-14(19)8-15/h3-5,8,10H,6-7H2,1-2H3,(H,23,25). The van der Waals surface area contributed by atoms with E-state index >= 15 is 0 Å². The second kappa shape index (κ2) is 6.91. The zero-order chi connectivity index (χ0) is 18.0. The molecule has 1 N–H and O–H groups in total. The van der Waals surface area contributed by atoms with Crippen LogP contribution in [0.25, 0.3) is 5.65 Å². The molecular weight excluding hydrogens is 338 g/mol. The van der Waals surface area contributed by atoms with Gasteiger partial charge in [-0.25, -0.2) is 9.50 Å². The fourth-order valence-electron chi connectivity index (χ4n) is 2.78. The van der Waals surface area contributed by atoms with Gasteiger partial charge in [-0.1, -0.05) is 17.7 Å². The van der Waals surface area contributed by atoms with Gasteiger partial charge in [-0.2, -0.15) is 10.4 Å². The number of aromatic nitrogens is 3. The number of halogens is 1. The lowest BCUT2D eigenvalue weighted by atomic mass is 10.1. The number of hydrogen-bond acceptors (Lipinski definition) is 4. The van der Waals surface area contributed by atoms with E-state index in [2.05, 4.69) is 21.5 Å². The fraction of sp³-hybridized carbons (Fsp3) is 0.222. The van der Waals surface area contributed by atoms with Gasteiger partial charge in [0.1, 0.15) is 11.6 Å². The molecule has 0 saturated heterocycles. The molecule has 0 spiro atoms. The van der Waals surface area contributed by atoms with Crippen LogP contribution in [0.5, 0.6) is 0 Å². The minimum atomic E-state index is -0.0978. The van der Waals surface area contributed by atoms with Gasteiger partial charge in [-0.3, -0.25) is 4.79 Å². The van der Waals surface area contributed by atoms with Gasteiger partial charge < -0.3 is 5.32 Å². The normalized spacial score (nSPS) is 10.6. The van der Waals surface area contributed by atoms with E-state index in [9.17, 15) is 4.79 Å². The molecule has 0 saturated carbocycles. The van der Waals surface area contributed by atoms with Gasteiger partial charge in [-0.15, -0.1) is 0 Å². The van der Waals surface area contributed by atoms with Crippen molar-refractivity contribution >= 4 is 28.8 Å². The zero-order valence-electron chi connectivity index (χ0n) is 13.9. The maximum Gasteiger partial charge on any atom is 0.224 e. The molecule has 2 heterocycles. The molecular formula is C18H16ClN5O. The summed E-state index contributed by atoms with van der Waals surface area (Å²) in [6.45, 7) is 3.80. The molecule has 0 aliphatic rings. The van der Waals surface area contributed by atoms with Crippen LogP contribution in [0.4, 0.5) is 5.69 Å². The molecule has 1 amide bonds. The smallest absolute Gasteiger partial charge is 0.224 e. The number of nitrogens with zero attached hydrogens (tertiary/aromatic N) is 4. The van der Waals surface area contributed by atoms with Crippen LogP contribution in [-0.4, -0.2) is 20.5 Å². The minimum absolute atomic E-state index is 0.0978. The first kappa shape index (κ1) is 16.9. The number of nitriles is 1. The summed E-state index contributed by atoms with van der Waals surface area (Å²) in [7, 11) is 0. The SMILES string of the molecule is Cc1nc2c(C#N)cnn2c(C)c1CCC(=O)Nc1cccc(Cl)c1. The quantitative estimate of drug-likeness (QED) is 0.778. The molecule has 7 heteroatoms. The lowest BCUT2D eigenvalue weighted by Crippen LogP contribution is -2.14. The maximum atomic E-state index is 12.2. The molecule has 1 aromatic carbocycles. The van der Waals surface area contributed by atoms with Crippen molar-refractivity contribution in [2.24, 2.45) is 0 Å². The van der Waals surface area contributed by atoms with Crippen LogP contribution in [0.3, 0.4) is 0 Å². The summed E-state index contributed by atoms with van der Waals surface area (Å²) in [4.78, 5) is 16.7. The minimum Gasteiger partial charge on any atom is -0.326 e. The van der Waals surface area contributed by atoms with Gasteiger partial charge in [0.25, 0.3) is 0 Å². The Balaban J connectivity index is 1.77. The first-order valence-corrected chi connectivity index (χ1v) is 8.16. The van der Waals surface area contributed by atoms with E-state index in [4.69, 9.17) is 16.9 Å². The average molecular weight is 354 g/mol. The Morgan fingerprint density at radius 3 is 2.92 bits per heavy atom. The van der Waals surface area contributed by atoms with Crippen LogP contribution in [0, 0.1) is 25.2 Å². The van der Waals surface area contributed by atoms with Crippen molar-refractivity contribution in [3.63, 3.8) is 0 Å². The molecule has 2 aromatic heterocycles.